The highest BCUT2D eigenvalue weighted by Crippen LogP contribution is 2.53. The second-order valence-corrected chi connectivity index (χ2v) is 5.91. The molecule has 100 valence electrons. The van der Waals surface area contributed by atoms with Crippen molar-refractivity contribution >= 4 is 23.2 Å². The molecule has 0 aromatic heterocycles. The number of benzene rings is 1. The lowest BCUT2D eigenvalue weighted by Crippen LogP contribution is -2.15. The summed E-state index contributed by atoms with van der Waals surface area (Å²) < 4.78 is 0. The Bertz CT molecular complexity index is 478. The van der Waals surface area contributed by atoms with Crippen molar-refractivity contribution in [2.45, 2.75) is 25.7 Å². The van der Waals surface area contributed by atoms with Gasteiger partial charge < -0.3 is 5.32 Å². The predicted octanol–water partition coefficient (Wildman–Crippen LogP) is 4.27. The summed E-state index contributed by atoms with van der Waals surface area (Å²) >= 11 is 5.84. The molecule has 1 saturated carbocycles. The van der Waals surface area contributed by atoms with Crippen LogP contribution in [-0.2, 0) is 4.79 Å². The van der Waals surface area contributed by atoms with Gasteiger partial charge in [-0.2, -0.15) is 0 Å². The number of allylic oxidation sites excluding steroid dienone is 2. The first-order valence-electron chi connectivity index (χ1n) is 6.97. The predicted molar refractivity (Wildman–Crippen MR) is 78.2 cm³/mol. The van der Waals surface area contributed by atoms with Crippen LogP contribution in [0.2, 0.25) is 5.02 Å². The van der Waals surface area contributed by atoms with E-state index in [1.807, 2.05) is 12.1 Å². The smallest absolute Gasteiger partial charge is 0.228 e. The van der Waals surface area contributed by atoms with E-state index in [0.717, 1.165) is 31.4 Å². The van der Waals surface area contributed by atoms with E-state index in [2.05, 4.69) is 17.5 Å². The summed E-state index contributed by atoms with van der Waals surface area (Å²) in [6.45, 7) is 0. The van der Waals surface area contributed by atoms with E-state index in [-0.39, 0.29) is 11.8 Å². The zero-order chi connectivity index (χ0) is 13.2. The first-order valence-corrected chi connectivity index (χ1v) is 7.35. The molecule has 0 aliphatic heterocycles. The molecule has 1 aromatic carbocycles. The first kappa shape index (κ1) is 12.7. The number of fused-ring (bicyclic) bond motifs is 1. The Morgan fingerprint density at radius 1 is 1.05 bits per heavy atom. The van der Waals surface area contributed by atoms with Crippen molar-refractivity contribution in [3.05, 3.63) is 41.4 Å². The molecule has 3 heteroatoms. The number of carbonyl (C=O) groups excluding carboxylic acids is 1. The van der Waals surface area contributed by atoms with Crippen molar-refractivity contribution in [1.29, 1.82) is 0 Å². The van der Waals surface area contributed by atoms with Crippen LogP contribution in [0.15, 0.2) is 36.4 Å². The van der Waals surface area contributed by atoms with Crippen molar-refractivity contribution in [2.24, 2.45) is 17.8 Å². The van der Waals surface area contributed by atoms with Gasteiger partial charge in [-0.15, -0.1) is 0 Å². The monoisotopic (exact) mass is 275 g/mol. The lowest BCUT2D eigenvalue weighted by Gasteiger charge is -2.04. The van der Waals surface area contributed by atoms with Crippen molar-refractivity contribution in [1.82, 2.24) is 0 Å². The average molecular weight is 276 g/mol. The Hall–Kier alpha value is -1.28. The molecule has 1 aromatic rings. The van der Waals surface area contributed by atoms with Gasteiger partial charge in [0.15, 0.2) is 0 Å². The van der Waals surface area contributed by atoms with Crippen LogP contribution in [0, 0.1) is 17.8 Å². The summed E-state index contributed by atoms with van der Waals surface area (Å²) in [5.41, 5.74) is 0.840. The fraction of sp³-hybridized carbons (Fsp3) is 0.438. The molecule has 2 aliphatic carbocycles. The van der Waals surface area contributed by atoms with Gasteiger partial charge in [-0.05, 0) is 61.8 Å². The van der Waals surface area contributed by atoms with Crippen LogP contribution < -0.4 is 5.32 Å². The van der Waals surface area contributed by atoms with Gasteiger partial charge in [0, 0.05) is 16.6 Å². The molecular weight excluding hydrogens is 258 g/mol. The van der Waals surface area contributed by atoms with Crippen LogP contribution in [-0.4, -0.2) is 5.91 Å². The van der Waals surface area contributed by atoms with Gasteiger partial charge in [0.1, 0.15) is 0 Å². The Kier molecular flexibility index (Phi) is 3.61. The molecule has 3 atom stereocenters. The van der Waals surface area contributed by atoms with E-state index < -0.39 is 0 Å². The van der Waals surface area contributed by atoms with Crippen LogP contribution in [0.3, 0.4) is 0 Å². The number of hydrogen-bond donors (Lipinski definition) is 1. The van der Waals surface area contributed by atoms with Gasteiger partial charge >= 0.3 is 0 Å². The molecule has 0 saturated heterocycles. The van der Waals surface area contributed by atoms with Crippen LogP contribution in [0.1, 0.15) is 25.7 Å². The SMILES string of the molecule is O=C(Nc1ccc(Cl)cc1)C1[C@H]2CC/C=C\CC[C@@H]12. The average Bonchev–Trinajstić information content (AvgIpc) is 3.03. The van der Waals surface area contributed by atoms with Crippen molar-refractivity contribution < 1.29 is 4.79 Å². The molecule has 3 rings (SSSR count). The quantitative estimate of drug-likeness (QED) is 0.803. The molecule has 1 N–H and O–H groups in total. The summed E-state index contributed by atoms with van der Waals surface area (Å²) in [4.78, 5) is 12.3. The Balaban J connectivity index is 1.61. The lowest BCUT2D eigenvalue weighted by molar-refractivity contribution is -0.117. The van der Waals surface area contributed by atoms with Crippen LogP contribution in [0.25, 0.3) is 0 Å². The molecule has 0 radical (unpaired) electrons. The molecule has 2 nitrogen and oxygen atoms in total. The third-order valence-electron chi connectivity index (χ3n) is 4.25. The fourth-order valence-corrected chi connectivity index (χ4v) is 3.32. The van der Waals surface area contributed by atoms with Crippen molar-refractivity contribution in [3.63, 3.8) is 0 Å². The van der Waals surface area contributed by atoms with E-state index in [4.69, 9.17) is 11.6 Å². The summed E-state index contributed by atoms with van der Waals surface area (Å²) in [6.07, 6.45) is 9.04. The summed E-state index contributed by atoms with van der Waals surface area (Å²) in [5.74, 6) is 1.59. The Labute approximate surface area is 118 Å². The standard InChI is InChI=1S/C16H18ClNO/c17-11-7-9-12(10-8-11)18-16(19)15-13-5-3-1-2-4-6-14(13)15/h1-2,7-10,13-15H,3-6H2,(H,18,19)/b2-1-/t13-,14+,15?. The molecule has 1 fully saturated rings. The number of carbonyl (C=O) groups is 1. The zero-order valence-electron chi connectivity index (χ0n) is 10.8. The molecule has 0 heterocycles. The van der Waals surface area contributed by atoms with Gasteiger partial charge in [-0.1, -0.05) is 23.8 Å². The maximum Gasteiger partial charge on any atom is 0.228 e. The molecule has 0 spiro atoms. The minimum absolute atomic E-state index is 0.180. The van der Waals surface area contributed by atoms with E-state index in [9.17, 15) is 4.79 Å². The topological polar surface area (TPSA) is 29.1 Å². The van der Waals surface area contributed by atoms with E-state index >= 15 is 0 Å². The Morgan fingerprint density at radius 3 is 2.21 bits per heavy atom. The number of amides is 1. The highest BCUT2D eigenvalue weighted by atomic mass is 35.5. The number of rotatable bonds is 2. The van der Waals surface area contributed by atoms with Gasteiger partial charge in [0.25, 0.3) is 0 Å². The minimum Gasteiger partial charge on any atom is -0.326 e. The fourth-order valence-electron chi connectivity index (χ4n) is 3.19. The second-order valence-electron chi connectivity index (χ2n) is 5.48. The van der Waals surface area contributed by atoms with E-state index in [1.165, 1.54) is 0 Å². The van der Waals surface area contributed by atoms with Crippen molar-refractivity contribution in [3.8, 4) is 0 Å². The largest absolute Gasteiger partial charge is 0.326 e. The molecule has 0 bridgehead atoms. The molecule has 19 heavy (non-hydrogen) atoms. The highest BCUT2D eigenvalue weighted by molar-refractivity contribution is 6.30. The minimum atomic E-state index is 0.180. The third-order valence-corrected chi connectivity index (χ3v) is 4.50. The third kappa shape index (κ3) is 2.84. The summed E-state index contributed by atoms with van der Waals surface area (Å²) in [7, 11) is 0. The number of anilines is 1. The van der Waals surface area contributed by atoms with Gasteiger partial charge in [0.05, 0.1) is 0 Å². The maximum atomic E-state index is 12.3. The van der Waals surface area contributed by atoms with Gasteiger partial charge in [-0.3, -0.25) is 4.79 Å². The first-order chi connectivity index (χ1) is 9.25. The number of nitrogens with one attached hydrogen (secondary N) is 1. The van der Waals surface area contributed by atoms with Crippen LogP contribution in [0.4, 0.5) is 5.69 Å². The van der Waals surface area contributed by atoms with Crippen molar-refractivity contribution in [2.75, 3.05) is 5.32 Å². The summed E-state index contributed by atoms with van der Waals surface area (Å²) in [6, 6.07) is 7.31. The van der Waals surface area contributed by atoms with Crippen LogP contribution >= 0.6 is 11.6 Å². The maximum absolute atomic E-state index is 12.3. The van der Waals surface area contributed by atoms with E-state index in [0.29, 0.717) is 16.9 Å². The number of halogens is 1. The molecular formula is C16H18ClNO. The molecule has 2 aliphatic rings. The normalized spacial score (nSPS) is 30.7. The summed E-state index contributed by atoms with van der Waals surface area (Å²) in [5, 5.41) is 3.70. The molecule has 1 unspecified atom stereocenters. The number of hydrogen-bond acceptors (Lipinski definition) is 1. The van der Waals surface area contributed by atoms with Crippen LogP contribution in [0.5, 0.6) is 0 Å². The molecule has 1 amide bonds. The van der Waals surface area contributed by atoms with Gasteiger partial charge in [-0.25, -0.2) is 0 Å². The van der Waals surface area contributed by atoms with Gasteiger partial charge in [0.2, 0.25) is 5.91 Å². The second kappa shape index (κ2) is 5.38. The highest BCUT2D eigenvalue weighted by Gasteiger charge is 2.53. The van der Waals surface area contributed by atoms with E-state index in [1.54, 1.807) is 12.1 Å². The lowest BCUT2D eigenvalue weighted by atomic mass is 10.1. The zero-order valence-corrected chi connectivity index (χ0v) is 11.6. The Morgan fingerprint density at radius 2 is 1.63 bits per heavy atom.